The van der Waals surface area contributed by atoms with E-state index in [0.29, 0.717) is 12.1 Å². The van der Waals surface area contributed by atoms with Gasteiger partial charge in [0, 0.05) is 29.4 Å². The number of anilines is 3. The molecule has 8 heteroatoms. The number of aromatic nitrogens is 2. The number of rotatable bonds is 7. The Balaban J connectivity index is 1.94. The molecule has 0 aliphatic rings. The SMILES string of the molecule is CC(N)CC(C)Nc1nc(Nc2ccc3ncccc3c2)c(C(N)=O)cc1F. The highest BCUT2D eigenvalue weighted by Crippen LogP contribution is 2.26. The van der Waals surface area contributed by atoms with Crippen molar-refractivity contribution in [1.82, 2.24) is 9.97 Å². The molecule has 0 aliphatic carbocycles. The van der Waals surface area contributed by atoms with Crippen LogP contribution in [0.25, 0.3) is 10.9 Å². The highest BCUT2D eigenvalue weighted by atomic mass is 19.1. The molecule has 146 valence electrons. The second-order valence-corrected chi connectivity index (χ2v) is 6.87. The number of pyridine rings is 2. The molecular weight excluding hydrogens is 359 g/mol. The second kappa shape index (κ2) is 8.18. The van der Waals surface area contributed by atoms with E-state index in [2.05, 4.69) is 20.6 Å². The van der Waals surface area contributed by atoms with Crippen LogP contribution in [0.15, 0.2) is 42.6 Å². The monoisotopic (exact) mass is 382 g/mol. The zero-order chi connectivity index (χ0) is 20.3. The number of nitrogens with one attached hydrogen (secondary N) is 2. The van der Waals surface area contributed by atoms with Crippen LogP contribution in [-0.2, 0) is 0 Å². The molecule has 0 bridgehead atoms. The summed E-state index contributed by atoms with van der Waals surface area (Å²) in [5.41, 5.74) is 12.7. The van der Waals surface area contributed by atoms with Crippen LogP contribution in [0, 0.1) is 5.82 Å². The molecule has 0 saturated heterocycles. The predicted octanol–water partition coefficient (Wildman–Crippen LogP) is 3.15. The Kier molecular flexibility index (Phi) is 5.70. The smallest absolute Gasteiger partial charge is 0.252 e. The van der Waals surface area contributed by atoms with Crippen molar-refractivity contribution in [2.45, 2.75) is 32.4 Å². The van der Waals surface area contributed by atoms with Crippen molar-refractivity contribution in [2.75, 3.05) is 10.6 Å². The van der Waals surface area contributed by atoms with Crippen LogP contribution in [0.4, 0.5) is 21.7 Å². The lowest BCUT2D eigenvalue weighted by atomic mass is 10.1. The van der Waals surface area contributed by atoms with Crippen LogP contribution < -0.4 is 22.1 Å². The van der Waals surface area contributed by atoms with E-state index in [0.717, 1.165) is 17.0 Å². The predicted molar refractivity (Wildman–Crippen MR) is 109 cm³/mol. The Morgan fingerprint density at radius 1 is 1.21 bits per heavy atom. The Labute approximate surface area is 162 Å². The van der Waals surface area contributed by atoms with E-state index in [9.17, 15) is 9.18 Å². The first-order chi connectivity index (χ1) is 13.3. The van der Waals surface area contributed by atoms with Gasteiger partial charge in [0.2, 0.25) is 0 Å². The number of hydrogen-bond donors (Lipinski definition) is 4. The van der Waals surface area contributed by atoms with Gasteiger partial charge >= 0.3 is 0 Å². The Hall–Kier alpha value is -3.26. The quantitative estimate of drug-likeness (QED) is 0.498. The molecule has 2 heterocycles. The van der Waals surface area contributed by atoms with Crippen LogP contribution in [-0.4, -0.2) is 28.0 Å². The van der Waals surface area contributed by atoms with Crippen molar-refractivity contribution < 1.29 is 9.18 Å². The molecule has 0 aliphatic heterocycles. The first-order valence-electron chi connectivity index (χ1n) is 8.97. The number of carbonyl (C=O) groups excluding carboxylic acids is 1. The zero-order valence-corrected chi connectivity index (χ0v) is 15.7. The fraction of sp³-hybridized carbons (Fsp3) is 0.250. The molecule has 0 fully saturated rings. The summed E-state index contributed by atoms with van der Waals surface area (Å²) in [4.78, 5) is 20.3. The molecule has 3 aromatic rings. The molecule has 3 rings (SSSR count). The minimum atomic E-state index is -0.772. The average molecular weight is 382 g/mol. The largest absolute Gasteiger partial charge is 0.365 e. The Morgan fingerprint density at radius 3 is 2.71 bits per heavy atom. The maximum absolute atomic E-state index is 14.4. The number of benzene rings is 1. The molecule has 0 radical (unpaired) electrons. The zero-order valence-electron chi connectivity index (χ0n) is 15.7. The first kappa shape index (κ1) is 19.5. The number of carbonyl (C=O) groups is 1. The van der Waals surface area contributed by atoms with E-state index in [-0.39, 0.29) is 29.3 Å². The van der Waals surface area contributed by atoms with Gasteiger partial charge in [-0.05, 0) is 50.6 Å². The van der Waals surface area contributed by atoms with Crippen LogP contribution in [0.1, 0.15) is 30.6 Å². The van der Waals surface area contributed by atoms with Crippen molar-refractivity contribution >= 4 is 34.1 Å². The lowest BCUT2D eigenvalue weighted by Crippen LogP contribution is -2.27. The summed E-state index contributed by atoms with van der Waals surface area (Å²) in [6.07, 6.45) is 2.35. The Bertz CT molecular complexity index is 1010. The number of primary amides is 1. The molecule has 2 atom stereocenters. The summed E-state index contributed by atoms with van der Waals surface area (Å²) in [5.74, 6) is -1.22. The highest BCUT2D eigenvalue weighted by Gasteiger charge is 2.18. The highest BCUT2D eigenvalue weighted by molar-refractivity contribution is 5.99. The van der Waals surface area contributed by atoms with Gasteiger partial charge in [0.25, 0.3) is 5.91 Å². The summed E-state index contributed by atoms with van der Waals surface area (Å²) >= 11 is 0. The Morgan fingerprint density at radius 2 is 2.00 bits per heavy atom. The standard InChI is InChI=1S/C20H23FN6O/c1-11(22)8-12(2)25-20-16(21)10-15(18(23)28)19(27-20)26-14-5-6-17-13(9-14)4-3-7-24-17/h3-7,9-12H,8,22H2,1-2H3,(H2,23,28)(H2,25,26,27). The van der Waals surface area contributed by atoms with Crippen LogP contribution in [0.2, 0.25) is 0 Å². The molecule has 7 nitrogen and oxygen atoms in total. The molecule has 2 aromatic heterocycles. The van der Waals surface area contributed by atoms with Crippen molar-refractivity contribution in [3.8, 4) is 0 Å². The van der Waals surface area contributed by atoms with E-state index in [1.54, 1.807) is 12.3 Å². The molecule has 1 amide bonds. The summed E-state index contributed by atoms with van der Waals surface area (Å²) in [5, 5.41) is 6.97. The van der Waals surface area contributed by atoms with Gasteiger partial charge in [0.1, 0.15) is 5.82 Å². The number of nitrogens with zero attached hydrogens (tertiary/aromatic N) is 2. The average Bonchev–Trinajstić information content (AvgIpc) is 2.63. The van der Waals surface area contributed by atoms with E-state index in [4.69, 9.17) is 11.5 Å². The maximum atomic E-state index is 14.4. The number of hydrogen-bond acceptors (Lipinski definition) is 6. The van der Waals surface area contributed by atoms with Gasteiger partial charge in [-0.15, -0.1) is 0 Å². The number of nitrogens with two attached hydrogens (primary N) is 2. The van der Waals surface area contributed by atoms with Crippen LogP contribution in [0.5, 0.6) is 0 Å². The maximum Gasteiger partial charge on any atom is 0.252 e. The van der Waals surface area contributed by atoms with Crippen molar-refractivity contribution in [2.24, 2.45) is 11.5 Å². The lowest BCUT2D eigenvalue weighted by molar-refractivity contribution is 0.100. The minimum Gasteiger partial charge on any atom is -0.365 e. The topological polar surface area (TPSA) is 119 Å². The van der Waals surface area contributed by atoms with Gasteiger partial charge in [-0.3, -0.25) is 9.78 Å². The van der Waals surface area contributed by atoms with Crippen molar-refractivity contribution in [1.29, 1.82) is 0 Å². The van der Waals surface area contributed by atoms with Gasteiger partial charge in [0.15, 0.2) is 11.6 Å². The summed E-state index contributed by atoms with van der Waals surface area (Å²) in [7, 11) is 0. The molecule has 28 heavy (non-hydrogen) atoms. The molecule has 2 unspecified atom stereocenters. The normalized spacial score (nSPS) is 13.1. The third kappa shape index (κ3) is 4.52. The fourth-order valence-electron chi connectivity index (χ4n) is 3.01. The van der Waals surface area contributed by atoms with Gasteiger partial charge in [0.05, 0.1) is 11.1 Å². The van der Waals surface area contributed by atoms with Gasteiger partial charge < -0.3 is 22.1 Å². The van der Waals surface area contributed by atoms with Gasteiger partial charge in [-0.1, -0.05) is 6.07 Å². The fourth-order valence-corrected chi connectivity index (χ4v) is 3.01. The number of amides is 1. The second-order valence-electron chi connectivity index (χ2n) is 6.87. The van der Waals surface area contributed by atoms with Crippen molar-refractivity contribution in [3.63, 3.8) is 0 Å². The number of halogens is 1. The summed E-state index contributed by atoms with van der Waals surface area (Å²) in [6.45, 7) is 3.76. The summed E-state index contributed by atoms with van der Waals surface area (Å²) < 4.78 is 14.4. The number of fused-ring (bicyclic) bond motifs is 1. The molecule has 0 spiro atoms. The van der Waals surface area contributed by atoms with Crippen LogP contribution in [0.3, 0.4) is 0 Å². The molecule has 6 N–H and O–H groups in total. The molecule has 1 aromatic carbocycles. The molecular formula is C20H23FN6O. The summed E-state index contributed by atoms with van der Waals surface area (Å²) in [6, 6.07) is 10.2. The lowest BCUT2D eigenvalue weighted by Gasteiger charge is -2.18. The molecule has 0 saturated carbocycles. The van der Waals surface area contributed by atoms with Gasteiger partial charge in [-0.25, -0.2) is 9.37 Å². The van der Waals surface area contributed by atoms with Gasteiger partial charge in [-0.2, -0.15) is 0 Å². The van der Waals surface area contributed by atoms with E-state index in [1.165, 1.54) is 0 Å². The third-order valence-electron chi connectivity index (χ3n) is 4.22. The first-order valence-corrected chi connectivity index (χ1v) is 8.97. The van der Waals surface area contributed by atoms with Crippen LogP contribution >= 0.6 is 0 Å². The minimum absolute atomic E-state index is 0.0307. The third-order valence-corrected chi connectivity index (χ3v) is 4.22. The van der Waals surface area contributed by atoms with E-state index in [1.807, 2.05) is 38.1 Å². The van der Waals surface area contributed by atoms with E-state index < -0.39 is 11.7 Å². The van der Waals surface area contributed by atoms with E-state index >= 15 is 0 Å². The van der Waals surface area contributed by atoms with Crippen molar-refractivity contribution in [3.05, 3.63) is 54.0 Å².